The first-order chi connectivity index (χ1) is 9.77. The Morgan fingerprint density at radius 3 is 2.65 bits per heavy atom. The lowest BCUT2D eigenvalue weighted by Crippen LogP contribution is -2.40. The van der Waals surface area contributed by atoms with E-state index in [0.29, 0.717) is 12.0 Å². The fourth-order valence-corrected chi connectivity index (χ4v) is 4.76. The highest BCUT2D eigenvalue weighted by Crippen LogP contribution is 2.44. The standard InChI is InChI=1S/C16H27NO3/c1-17-13-8-4-3-7-12(13)15(20-17)14-11-18-16(19-14)9-5-2-6-10-16/h12-15H,2-11H2,1H3/t12-,13+,14-,15+/m1/s1. The maximum absolute atomic E-state index is 6.40. The van der Waals surface area contributed by atoms with Crippen LogP contribution in [-0.4, -0.2) is 42.8 Å². The third-order valence-electron chi connectivity index (χ3n) is 5.82. The third-order valence-corrected chi connectivity index (χ3v) is 5.82. The monoisotopic (exact) mass is 281 g/mol. The number of rotatable bonds is 1. The zero-order chi connectivity index (χ0) is 13.6. The van der Waals surface area contributed by atoms with Gasteiger partial charge in [-0.2, -0.15) is 5.06 Å². The summed E-state index contributed by atoms with van der Waals surface area (Å²) in [6.07, 6.45) is 11.5. The average molecular weight is 281 g/mol. The molecule has 4 rings (SSSR count). The van der Waals surface area contributed by atoms with Gasteiger partial charge in [0.25, 0.3) is 0 Å². The van der Waals surface area contributed by atoms with Crippen LogP contribution in [0.2, 0.25) is 0 Å². The summed E-state index contributed by atoms with van der Waals surface area (Å²) in [4.78, 5) is 6.15. The molecule has 2 heterocycles. The van der Waals surface area contributed by atoms with Crippen molar-refractivity contribution < 1.29 is 14.3 Å². The Bertz CT molecular complexity index is 356. The molecule has 4 heteroatoms. The molecule has 0 unspecified atom stereocenters. The molecule has 1 spiro atoms. The van der Waals surface area contributed by atoms with Gasteiger partial charge < -0.3 is 9.47 Å². The van der Waals surface area contributed by atoms with Crippen LogP contribution in [0.25, 0.3) is 0 Å². The second kappa shape index (κ2) is 5.24. The minimum atomic E-state index is -0.266. The van der Waals surface area contributed by atoms with Gasteiger partial charge in [0.2, 0.25) is 0 Å². The topological polar surface area (TPSA) is 30.9 Å². The fraction of sp³-hybridized carbons (Fsp3) is 1.00. The molecular formula is C16H27NO3. The van der Waals surface area contributed by atoms with Crippen molar-refractivity contribution in [2.75, 3.05) is 13.7 Å². The quantitative estimate of drug-likeness (QED) is 0.739. The van der Waals surface area contributed by atoms with Gasteiger partial charge in [-0.25, -0.2) is 0 Å². The molecule has 0 N–H and O–H groups in total. The van der Waals surface area contributed by atoms with Gasteiger partial charge in [0.1, 0.15) is 12.2 Å². The molecule has 0 amide bonds. The van der Waals surface area contributed by atoms with Crippen LogP contribution in [0.3, 0.4) is 0 Å². The van der Waals surface area contributed by atoms with E-state index in [1.165, 1.54) is 44.9 Å². The van der Waals surface area contributed by atoms with Crippen LogP contribution in [0.5, 0.6) is 0 Å². The minimum absolute atomic E-state index is 0.142. The molecule has 114 valence electrons. The molecule has 4 atom stereocenters. The maximum Gasteiger partial charge on any atom is 0.169 e. The first-order valence-corrected chi connectivity index (χ1v) is 8.49. The Balaban J connectivity index is 1.46. The lowest BCUT2D eigenvalue weighted by molar-refractivity contribution is -0.217. The number of hydrogen-bond donors (Lipinski definition) is 0. The Labute approximate surface area is 121 Å². The molecule has 4 fully saturated rings. The van der Waals surface area contributed by atoms with Crippen molar-refractivity contribution in [1.29, 1.82) is 0 Å². The van der Waals surface area contributed by atoms with Gasteiger partial charge in [-0.05, 0) is 25.7 Å². The second-order valence-corrected chi connectivity index (χ2v) is 7.07. The van der Waals surface area contributed by atoms with Gasteiger partial charge in [0.05, 0.1) is 6.61 Å². The number of nitrogens with zero attached hydrogens (tertiary/aromatic N) is 1. The van der Waals surface area contributed by atoms with Crippen LogP contribution >= 0.6 is 0 Å². The smallest absolute Gasteiger partial charge is 0.169 e. The zero-order valence-corrected chi connectivity index (χ0v) is 12.6. The average Bonchev–Trinajstić information content (AvgIpc) is 3.03. The van der Waals surface area contributed by atoms with E-state index < -0.39 is 0 Å². The second-order valence-electron chi connectivity index (χ2n) is 7.07. The van der Waals surface area contributed by atoms with Crippen molar-refractivity contribution in [3.63, 3.8) is 0 Å². The molecule has 0 aromatic rings. The van der Waals surface area contributed by atoms with Gasteiger partial charge >= 0.3 is 0 Å². The molecule has 0 bridgehead atoms. The van der Waals surface area contributed by atoms with Gasteiger partial charge in [-0.3, -0.25) is 4.84 Å². The summed E-state index contributed by atoms with van der Waals surface area (Å²) in [5.74, 6) is 0.374. The molecule has 2 aliphatic heterocycles. The Morgan fingerprint density at radius 2 is 1.80 bits per heavy atom. The lowest BCUT2D eigenvalue weighted by atomic mass is 9.80. The highest BCUT2D eigenvalue weighted by atomic mass is 16.8. The number of ether oxygens (including phenoxy) is 2. The highest BCUT2D eigenvalue weighted by Gasteiger charge is 2.52. The summed E-state index contributed by atoms with van der Waals surface area (Å²) >= 11 is 0. The molecule has 0 aromatic heterocycles. The van der Waals surface area contributed by atoms with E-state index in [2.05, 4.69) is 12.1 Å². The molecule has 2 saturated carbocycles. The van der Waals surface area contributed by atoms with E-state index in [1.54, 1.807) is 0 Å². The van der Waals surface area contributed by atoms with Gasteiger partial charge in [-0.1, -0.05) is 19.3 Å². The van der Waals surface area contributed by atoms with E-state index in [1.807, 2.05) is 0 Å². The van der Waals surface area contributed by atoms with E-state index in [9.17, 15) is 0 Å². The van der Waals surface area contributed by atoms with Crippen molar-refractivity contribution in [3.05, 3.63) is 0 Å². The predicted molar refractivity (Wildman–Crippen MR) is 75.0 cm³/mol. The molecule has 4 aliphatic rings. The van der Waals surface area contributed by atoms with Crippen molar-refractivity contribution in [2.24, 2.45) is 5.92 Å². The number of fused-ring (bicyclic) bond motifs is 1. The van der Waals surface area contributed by atoms with Gasteiger partial charge in [-0.15, -0.1) is 0 Å². The highest BCUT2D eigenvalue weighted by molar-refractivity contribution is 4.96. The molecule has 2 aliphatic carbocycles. The fourth-order valence-electron chi connectivity index (χ4n) is 4.76. The number of hydrogen-bond acceptors (Lipinski definition) is 4. The van der Waals surface area contributed by atoms with Crippen LogP contribution < -0.4 is 0 Å². The van der Waals surface area contributed by atoms with Crippen LogP contribution in [0.1, 0.15) is 57.8 Å². The molecular weight excluding hydrogens is 254 g/mol. The van der Waals surface area contributed by atoms with E-state index in [-0.39, 0.29) is 18.0 Å². The van der Waals surface area contributed by atoms with Crippen LogP contribution in [0, 0.1) is 5.92 Å². The van der Waals surface area contributed by atoms with E-state index in [0.717, 1.165) is 19.4 Å². The first kappa shape index (κ1) is 13.5. The Kier molecular flexibility index (Phi) is 3.53. The van der Waals surface area contributed by atoms with Crippen molar-refractivity contribution in [2.45, 2.75) is 81.8 Å². The summed E-state index contributed by atoms with van der Waals surface area (Å²) in [5, 5.41) is 2.10. The van der Waals surface area contributed by atoms with Crippen LogP contribution in [0.15, 0.2) is 0 Å². The summed E-state index contributed by atoms with van der Waals surface area (Å²) < 4.78 is 12.5. The Hall–Kier alpha value is -0.160. The van der Waals surface area contributed by atoms with Crippen LogP contribution in [-0.2, 0) is 14.3 Å². The third kappa shape index (κ3) is 2.21. The summed E-state index contributed by atoms with van der Waals surface area (Å²) in [6.45, 7) is 0.724. The summed E-state index contributed by atoms with van der Waals surface area (Å²) in [6, 6.07) is 0.597. The summed E-state index contributed by atoms with van der Waals surface area (Å²) in [5.41, 5.74) is 0. The minimum Gasteiger partial charge on any atom is -0.347 e. The van der Waals surface area contributed by atoms with Crippen molar-refractivity contribution >= 4 is 0 Å². The normalized spacial score (nSPS) is 44.9. The molecule has 20 heavy (non-hydrogen) atoms. The first-order valence-electron chi connectivity index (χ1n) is 8.49. The molecule has 4 nitrogen and oxygen atoms in total. The maximum atomic E-state index is 6.40. The number of hydroxylamine groups is 2. The molecule has 0 aromatic carbocycles. The molecule has 0 radical (unpaired) electrons. The van der Waals surface area contributed by atoms with Gasteiger partial charge in [0, 0.05) is 31.8 Å². The SMILES string of the molecule is CN1O[C@H]([C@H]2COC3(CCCCC3)O2)[C@@H]2CCCC[C@@H]21. The van der Waals surface area contributed by atoms with Gasteiger partial charge in [0.15, 0.2) is 5.79 Å². The summed E-state index contributed by atoms with van der Waals surface area (Å²) in [7, 11) is 2.09. The van der Waals surface area contributed by atoms with Crippen molar-refractivity contribution in [3.8, 4) is 0 Å². The predicted octanol–water partition coefficient (Wildman–Crippen LogP) is 2.87. The van der Waals surface area contributed by atoms with Crippen molar-refractivity contribution in [1.82, 2.24) is 5.06 Å². The van der Waals surface area contributed by atoms with E-state index >= 15 is 0 Å². The largest absolute Gasteiger partial charge is 0.347 e. The Morgan fingerprint density at radius 1 is 1.00 bits per heavy atom. The zero-order valence-electron chi connectivity index (χ0n) is 12.6. The molecule has 2 saturated heterocycles. The lowest BCUT2D eigenvalue weighted by Gasteiger charge is -2.33. The van der Waals surface area contributed by atoms with Crippen LogP contribution in [0.4, 0.5) is 0 Å². The van der Waals surface area contributed by atoms with E-state index in [4.69, 9.17) is 14.3 Å².